The van der Waals surface area contributed by atoms with Gasteiger partial charge in [-0.2, -0.15) is 0 Å². The summed E-state index contributed by atoms with van der Waals surface area (Å²) in [5.74, 6) is -0.710. The summed E-state index contributed by atoms with van der Waals surface area (Å²) in [6, 6.07) is 13.7. The number of benzene rings is 1. The lowest BCUT2D eigenvalue weighted by atomic mass is 10.0. The standard InChI is InChI=1S/C19H23NO4S/c1-4-24-18(21)19(2,25(3,22)23)13-12-17-11-10-16(14-20-17)15-8-6-5-7-9-15/h5-11,14H,4,12-13H2,1-3H3. The van der Waals surface area contributed by atoms with Gasteiger partial charge in [0.15, 0.2) is 14.6 Å². The highest BCUT2D eigenvalue weighted by Crippen LogP contribution is 2.25. The summed E-state index contributed by atoms with van der Waals surface area (Å²) in [5, 5.41) is 0. The van der Waals surface area contributed by atoms with E-state index in [1.54, 1.807) is 13.1 Å². The van der Waals surface area contributed by atoms with Crippen LogP contribution in [0.15, 0.2) is 48.7 Å². The zero-order chi connectivity index (χ0) is 18.5. The van der Waals surface area contributed by atoms with E-state index in [4.69, 9.17) is 4.74 Å². The first-order chi connectivity index (χ1) is 11.8. The maximum Gasteiger partial charge on any atom is 0.327 e. The van der Waals surface area contributed by atoms with E-state index in [0.29, 0.717) is 6.42 Å². The van der Waals surface area contributed by atoms with Crippen molar-refractivity contribution >= 4 is 15.8 Å². The van der Waals surface area contributed by atoms with E-state index in [2.05, 4.69) is 4.98 Å². The van der Waals surface area contributed by atoms with Crippen molar-refractivity contribution in [1.82, 2.24) is 4.98 Å². The van der Waals surface area contributed by atoms with Crippen LogP contribution in [0.1, 0.15) is 26.0 Å². The summed E-state index contributed by atoms with van der Waals surface area (Å²) in [5.41, 5.74) is 2.79. The summed E-state index contributed by atoms with van der Waals surface area (Å²) < 4.78 is 27.6. The van der Waals surface area contributed by atoms with E-state index in [1.807, 2.05) is 42.5 Å². The third kappa shape index (κ3) is 4.45. The molecule has 0 spiro atoms. The second kappa shape index (κ2) is 7.78. The highest BCUT2D eigenvalue weighted by molar-refractivity contribution is 7.92. The number of aromatic nitrogens is 1. The van der Waals surface area contributed by atoms with Gasteiger partial charge in [0, 0.05) is 23.7 Å². The maximum absolute atomic E-state index is 12.2. The summed E-state index contributed by atoms with van der Waals surface area (Å²) in [6.07, 6.45) is 3.32. The van der Waals surface area contributed by atoms with Gasteiger partial charge in [-0.1, -0.05) is 36.4 Å². The number of sulfone groups is 1. The predicted octanol–water partition coefficient (Wildman–Crippen LogP) is 3.05. The SMILES string of the molecule is CCOC(=O)C(C)(CCc1ccc(-c2ccccc2)cn1)S(C)(=O)=O. The van der Waals surface area contributed by atoms with Gasteiger partial charge < -0.3 is 4.74 Å². The molecule has 0 radical (unpaired) electrons. The van der Waals surface area contributed by atoms with Gasteiger partial charge in [0.05, 0.1) is 6.61 Å². The van der Waals surface area contributed by atoms with Crippen LogP contribution >= 0.6 is 0 Å². The number of hydrogen-bond donors (Lipinski definition) is 0. The fraction of sp³-hybridized carbons (Fsp3) is 0.368. The number of carbonyl (C=O) groups excluding carboxylic acids is 1. The van der Waals surface area contributed by atoms with Crippen LogP contribution in [0.25, 0.3) is 11.1 Å². The molecule has 1 atom stereocenters. The molecule has 0 aliphatic carbocycles. The number of pyridine rings is 1. The maximum atomic E-state index is 12.2. The van der Waals surface area contributed by atoms with Crippen LogP contribution in [0.5, 0.6) is 0 Å². The largest absolute Gasteiger partial charge is 0.465 e. The van der Waals surface area contributed by atoms with E-state index >= 15 is 0 Å². The average Bonchev–Trinajstić information content (AvgIpc) is 2.60. The van der Waals surface area contributed by atoms with Crippen molar-refractivity contribution in [2.24, 2.45) is 0 Å². The minimum absolute atomic E-state index is 0.127. The molecule has 5 nitrogen and oxygen atoms in total. The van der Waals surface area contributed by atoms with Crippen LogP contribution in [-0.2, 0) is 25.8 Å². The van der Waals surface area contributed by atoms with E-state index in [0.717, 1.165) is 23.1 Å². The Hall–Kier alpha value is -2.21. The summed E-state index contributed by atoms with van der Waals surface area (Å²) >= 11 is 0. The van der Waals surface area contributed by atoms with Gasteiger partial charge in [-0.05, 0) is 38.3 Å². The second-order valence-corrected chi connectivity index (χ2v) is 8.57. The third-order valence-electron chi connectivity index (χ3n) is 4.32. The molecule has 0 N–H and O–H groups in total. The van der Waals surface area contributed by atoms with Crippen LogP contribution in [0.2, 0.25) is 0 Å². The first-order valence-corrected chi connectivity index (χ1v) is 10.0. The van der Waals surface area contributed by atoms with Crippen molar-refractivity contribution in [3.05, 3.63) is 54.4 Å². The molecule has 25 heavy (non-hydrogen) atoms. The molecule has 0 fully saturated rings. The van der Waals surface area contributed by atoms with Gasteiger partial charge >= 0.3 is 5.97 Å². The minimum Gasteiger partial charge on any atom is -0.465 e. The smallest absolute Gasteiger partial charge is 0.327 e. The third-order valence-corrected chi connectivity index (χ3v) is 6.32. The molecule has 2 aromatic rings. The Kier molecular flexibility index (Phi) is 5.95. The number of carbonyl (C=O) groups is 1. The summed E-state index contributed by atoms with van der Waals surface area (Å²) in [6.45, 7) is 3.22. The first-order valence-electron chi connectivity index (χ1n) is 8.15. The average molecular weight is 361 g/mol. The molecule has 134 valence electrons. The number of esters is 1. The molecule has 1 unspecified atom stereocenters. The highest BCUT2D eigenvalue weighted by atomic mass is 32.2. The van der Waals surface area contributed by atoms with Gasteiger partial charge in [0.1, 0.15) is 0 Å². The van der Waals surface area contributed by atoms with Crippen LogP contribution in [0.3, 0.4) is 0 Å². The first kappa shape index (κ1) is 19.1. The lowest BCUT2D eigenvalue weighted by Gasteiger charge is -2.25. The van der Waals surface area contributed by atoms with Crippen molar-refractivity contribution in [2.75, 3.05) is 12.9 Å². The lowest BCUT2D eigenvalue weighted by molar-refractivity contribution is -0.146. The Morgan fingerprint density at radius 2 is 1.80 bits per heavy atom. The number of rotatable bonds is 7. The molecule has 0 aliphatic rings. The molecule has 0 aliphatic heterocycles. The molecule has 2 rings (SSSR count). The molecule has 0 amide bonds. The topological polar surface area (TPSA) is 73.3 Å². The lowest BCUT2D eigenvalue weighted by Crippen LogP contribution is -2.44. The van der Waals surface area contributed by atoms with Crippen LogP contribution in [-0.4, -0.2) is 37.0 Å². The zero-order valence-electron chi connectivity index (χ0n) is 14.7. The normalized spacial score (nSPS) is 13.9. The molecule has 1 aromatic carbocycles. The molecular formula is C19H23NO4S. The highest BCUT2D eigenvalue weighted by Gasteiger charge is 2.44. The summed E-state index contributed by atoms with van der Waals surface area (Å²) in [7, 11) is -3.61. The Balaban J connectivity index is 2.14. The Bertz CT molecular complexity index is 816. The number of hydrogen-bond acceptors (Lipinski definition) is 5. The van der Waals surface area contributed by atoms with Gasteiger partial charge in [0.25, 0.3) is 0 Å². The van der Waals surface area contributed by atoms with Crippen LogP contribution in [0.4, 0.5) is 0 Å². The van der Waals surface area contributed by atoms with Crippen molar-refractivity contribution in [1.29, 1.82) is 0 Å². The quantitative estimate of drug-likeness (QED) is 0.709. The van der Waals surface area contributed by atoms with Gasteiger partial charge in [-0.3, -0.25) is 9.78 Å². The van der Waals surface area contributed by atoms with E-state index in [1.165, 1.54) is 6.92 Å². The minimum atomic E-state index is -3.61. The monoisotopic (exact) mass is 361 g/mol. The molecule has 1 aromatic heterocycles. The van der Waals surface area contributed by atoms with Crippen LogP contribution < -0.4 is 0 Å². The van der Waals surface area contributed by atoms with E-state index < -0.39 is 20.6 Å². The molecule has 6 heteroatoms. The Morgan fingerprint density at radius 3 is 2.32 bits per heavy atom. The summed E-state index contributed by atoms with van der Waals surface area (Å²) in [4.78, 5) is 16.5. The zero-order valence-corrected chi connectivity index (χ0v) is 15.5. The number of aryl methyl sites for hydroxylation is 1. The predicted molar refractivity (Wildman–Crippen MR) is 97.9 cm³/mol. The van der Waals surface area contributed by atoms with Crippen molar-refractivity contribution < 1.29 is 17.9 Å². The van der Waals surface area contributed by atoms with Gasteiger partial charge in [-0.25, -0.2) is 8.42 Å². The van der Waals surface area contributed by atoms with Crippen LogP contribution in [0, 0.1) is 0 Å². The molecule has 1 heterocycles. The van der Waals surface area contributed by atoms with E-state index in [9.17, 15) is 13.2 Å². The number of nitrogens with zero attached hydrogens (tertiary/aromatic N) is 1. The fourth-order valence-electron chi connectivity index (χ4n) is 2.46. The Morgan fingerprint density at radius 1 is 1.12 bits per heavy atom. The molecule has 0 saturated heterocycles. The number of ether oxygens (including phenoxy) is 1. The van der Waals surface area contributed by atoms with Gasteiger partial charge in [0.2, 0.25) is 0 Å². The molecule has 0 bridgehead atoms. The Labute approximate surface area is 149 Å². The molecule has 0 saturated carbocycles. The van der Waals surface area contributed by atoms with Crippen molar-refractivity contribution in [3.63, 3.8) is 0 Å². The molecular weight excluding hydrogens is 338 g/mol. The van der Waals surface area contributed by atoms with E-state index in [-0.39, 0.29) is 13.0 Å². The van der Waals surface area contributed by atoms with Crippen molar-refractivity contribution in [2.45, 2.75) is 31.4 Å². The van der Waals surface area contributed by atoms with Crippen molar-refractivity contribution in [3.8, 4) is 11.1 Å². The van der Waals surface area contributed by atoms with Gasteiger partial charge in [-0.15, -0.1) is 0 Å². The second-order valence-electron chi connectivity index (χ2n) is 6.13. The fourth-order valence-corrected chi connectivity index (χ4v) is 3.30.